The molecule has 0 aromatic carbocycles. The van der Waals surface area contributed by atoms with Gasteiger partial charge in [0.05, 0.1) is 0 Å². The summed E-state index contributed by atoms with van der Waals surface area (Å²) in [5.74, 6) is 0. The number of aliphatic hydroxyl groups is 2. The lowest BCUT2D eigenvalue weighted by molar-refractivity contribution is 0.263. The topological polar surface area (TPSA) is 40.5 Å². The Labute approximate surface area is 63.0 Å². The molecule has 0 atom stereocenters. The SMILES string of the molecule is OCCC(I)CCO. The zero-order valence-electron chi connectivity index (χ0n) is 4.68. The van der Waals surface area contributed by atoms with Crippen LogP contribution in [0.5, 0.6) is 0 Å². The van der Waals surface area contributed by atoms with Crippen LogP contribution in [0.15, 0.2) is 0 Å². The summed E-state index contributed by atoms with van der Waals surface area (Å²) in [6.45, 7) is 0.460. The number of aliphatic hydroxyl groups excluding tert-OH is 2. The number of halogens is 1. The molecular weight excluding hydrogens is 219 g/mol. The third-order valence-electron chi connectivity index (χ3n) is 0.885. The van der Waals surface area contributed by atoms with Gasteiger partial charge in [-0.25, -0.2) is 0 Å². The molecule has 3 heteroatoms. The Kier molecular flexibility index (Phi) is 6.25. The van der Waals surface area contributed by atoms with E-state index in [1.165, 1.54) is 0 Å². The van der Waals surface area contributed by atoms with Crippen molar-refractivity contribution in [1.29, 1.82) is 0 Å². The maximum absolute atomic E-state index is 8.38. The highest BCUT2D eigenvalue weighted by molar-refractivity contribution is 14.1. The van der Waals surface area contributed by atoms with Crippen LogP contribution in [0.2, 0.25) is 0 Å². The van der Waals surface area contributed by atoms with Gasteiger partial charge in [-0.1, -0.05) is 22.6 Å². The van der Waals surface area contributed by atoms with E-state index in [0.29, 0.717) is 3.92 Å². The van der Waals surface area contributed by atoms with Gasteiger partial charge in [-0.3, -0.25) is 0 Å². The van der Waals surface area contributed by atoms with E-state index in [-0.39, 0.29) is 13.2 Å². The first-order chi connectivity index (χ1) is 3.81. The Balaban J connectivity index is 2.92. The molecule has 0 amide bonds. The smallest absolute Gasteiger partial charge is 0.0441 e. The summed E-state index contributed by atoms with van der Waals surface area (Å²) in [6.07, 6.45) is 1.59. The number of hydrogen-bond acceptors (Lipinski definition) is 2. The summed E-state index contributed by atoms with van der Waals surface area (Å²) in [7, 11) is 0. The van der Waals surface area contributed by atoms with Crippen LogP contribution in [0.1, 0.15) is 12.8 Å². The highest BCUT2D eigenvalue weighted by Gasteiger charge is 1.99. The van der Waals surface area contributed by atoms with E-state index in [1.807, 2.05) is 0 Å². The predicted molar refractivity (Wildman–Crippen MR) is 41.2 cm³/mol. The Morgan fingerprint density at radius 2 is 1.50 bits per heavy atom. The van der Waals surface area contributed by atoms with Crippen LogP contribution in [0, 0.1) is 0 Å². The van der Waals surface area contributed by atoms with Crippen molar-refractivity contribution in [2.24, 2.45) is 0 Å². The summed E-state index contributed by atoms with van der Waals surface area (Å²) < 4.78 is 0.433. The van der Waals surface area contributed by atoms with Crippen LogP contribution in [-0.4, -0.2) is 27.4 Å². The van der Waals surface area contributed by atoms with Crippen molar-refractivity contribution in [3.63, 3.8) is 0 Å². The number of alkyl halides is 1. The molecule has 0 aromatic rings. The minimum absolute atomic E-state index is 0.230. The number of hydrogen-bond donors (Lipinski definition) is 2. The van der Waals surface area contributed by atoms with E-state index < -0.39 is 0 Å². The molecule has 0 rings (SSSR count). The summed E-state index contributed by atoms with van der Waals surface area (Å²) >= 11 is 2.22. The maximum Gasteiger partial charge on any atom is 0.0441 e. The van der Waals surface area contributed by atoms with Crippen molar-refractivity contribution in [1.82, 2.24) is 0 Å². The zero-order chi connectivity index (χ0) is 6.41. The first-order valence-electron chi connectivity index (χ1n) is 2.67. The van der Waals surface area contributed by atoms with Crippen molar-refractivity contribution < 1.29 is 10.2 Å². The second-order valence-electron chi connectivity index (χ2n) is 1.62. The summed E-state index contributed by atoms with van der Waals surface area (Å²) in [6, 6.07) is 0. The van der Waals surface area contributed by atoms with Crippen LogP contribution in [0.4, 0.5) is 0 Å². The van der Waals surface area contributed by atoms with Crippen molar-refractivity contribution in [3.8, 4) is 0 Å². The van der Waals surface area contributed by atoms with E-state index >= 15 is 0 Å². The average molecular weight is 230 g/mol. The molecule has 2 N–H and O–H groups in total. The standard InChI is InChI=1S/C5H11IO2/c6-5(1-3-7)2-4-8/h5,7-8H,1-4H2. The molecule has 0 bridgehead atoms. The van der Waals surface area contributed by atoms with Crippen LogP contribution in [-0.2, 0) is 0 Å². The molecule has 0 radical (unpaired) electrons. The van der Waals surface area contributed by atoms with Gasteiger partial charge in [0, 0.05) is 17.1 Å². The molecule has 50 valence electrons. The number of rotatable bonds is 4. The molecule has 0 saturated carbocycles. The van der Waals surface area contributed by atoms with E-state index in [2.05, 4.69) is 22.6 Å². The molecule has 0 saturated heterocycles. The van der Waals surface area contributed by atoms with Crippen LogP contribution < -0.4 is 0 Å². The molecule has 0 unspecified atom stereocenters. The maximum atomic E-state index is 8.38. The molecule has 2 nitrogen and oxygen atoms in total. The molecule has 8 heavy (non-hydrogen) atoms. The second-order valence-corrected chi connectivity index (χ2v) is 3.38. The van der Waals surface area contributed by atoms with Gasteiger partial charge in [0.1, 0.15) is 0 Å². The summed E-state index contributed by atoms with van der Waals surface area (Å²) in [4.78, 5) is 0. The van der Waals surface area contributed by atoms with Crippen molar-refractivity contribution in [3.05, 3.63) is 0 Å². The Hall–Kier alpha value is 0.650. The highest BCUT2D eigenvalue weighted by Crippen LogP contribution is 2.08. The van der Waals surface area contributed by atoms with Crippen LogP contribution in [0.3, 0.4) is 0 Å². The molecule has 0 fully saturated rings. The monoisotopic (exact) mass is 230 g/mol. The van der Waals surface area contributed by atoms with Crippen LogP contribution >= 0.6 is 22.6 Å². The molecule has 0 aliphatic rings. The van der Waals surface area contributed by atoms with Gasteiger partial charge >= 0.3 is 0 Å². The average Bonchev–Trinajstić information content (AvgIpc) is 1.68. The molecule has 0 aliphatic carbocycles. The molecule has 0 spiro atoms. The molecule has 0 aromatic heterocycles. The summed E-state index contributed by atoms with van der Waals surface area (Å²) in [5.41, 5.74) is 0. The van der Waals surface area contributed by atoms with Gasteiger partial charge in [-0.15, -0.1) is 0 Å². The largest absolute Gasteiger partial charge is 0.396 e. The third-order valence-corrected chi connectivity index (χ3v) is 2.13. The van der Waals surface area contributed by atoms with E-state index in [9.17, 15) is 0 Å². The minimum Gasteiger partial charge on any atom is -0.396 e. The highest BCUT2D eigenvalue weighted by atomic mass is 127. The van der Waals surface area contributed by atoms with E-state index in [4.69, 9.17) is 10.2 Å². The van der Waals surface area contributed by atoms with E-state index in [1.54, 1.807) is 0 Å². The second kappa shape index (κ2) is 5.78. The van der Waals surface area contributed by atoms with Gasteiger partial charge in [0.25, 0.3) is 0 Å². The fourth-order valence-corrected chi connectivity index (χ4v) is 0.982. The molecule has 0 aliphatic heterocycles. The van der Waals surface area contributed by atoms with Gasteiger partial charge < -0.3 is 10.2 Å². The Morgan fingerprint density at radius 3 is 1.75 bits per heavy atom. The van der Waals surface area contributed by atoms with E-state index in [0.717, 1.165) is 12.8 Å². The molecular formula is C5H11IO2. The third kappa shape index (κ3) is 4.80. The quantitative estimate of drug-likeness (QED) is 0.547. The Bertz CT molecular complexity index is 43.7. The molecule has 0 heterocycles. The van der Waals surface area contributed by atoms with Crippen molar-refractivity contribution in [2.45, 2.75) is 16.8 Å². The van der Waals surface area contributed by atoms with Crippen molar-refractivity contribution in [2.75, 3.05) is 13.2 Å². The zero-order valence-corrected chi connectivity index (χ0v) is 6.84. The predicted octanol–water partition coefficient (Wildman–Crippen LogP) is 0.555. The van der Waals surface area contributed by atoms with Gasteiger partial charge in [-0.05, 0) is 12.8 Å². The normalized spacial score (nSPS) is 10.5. The van der Waals surface area contributed by atoms with Gasteiger partial charge in [0.15, 0.2) is 0 Å². The van der Waals surface area contributed by atoms with Crippen LogP contribution in [0.25, 0.3) is 0 Å². The van der Waals surface area contributed by atoms with Gasteiger partial charge in [0.2, 0.25) is 0 Å². The fraction of sp³-hybridized carbons (Fsp3) is 1.00. The lowest BCUT2D eigenvalue weighted by Crippen LogP contribution is -2.02. The Morgan fingerprint density at radius 1 is 1.12 bits per heavy atom. The lowest BCUT2D eigenvalue weighted by Gasteiger charge is -2.02. The first-order valence-corrected chi connectivity index (χ1v) is 3.91. The first kappa shape index (κ1) is 8.65. The minimum atomic E-state index is 0.230. The van der Waals surface area contributed by atoms with Crippen molar-refractivity contribution >= 4 is 22.6 Å². The van der Waals surface area contributed by atoms with Gasteiger partial charge in [-0.2, -0.15) is 0 Å². The lowest BCUT2D eigenvalue weighted by atomic mass is 10.2. The fourth-order valence-electron chi connectivity index (χ4n) is 0.425. The summed E-state index contributed by atoms with van der Waals surface area (Å²) in [5, 5.41) is 16.8.